The lowest BCUT2D eigenvalue weighted by Gasteiger charge is -2.08. The lowest BCUT2D eigenvalue weighted by atomic mass is 10.1. The van der Waals surface area contributed by atoms with E-state index in [1.54, 1.807) is 35.0 Å². The molecule has 1 amide bonds. The molecule has 4 aromatic rings. The van der Waals surface area contributed by atoms with Crippen molar-refractivity contribution in [3.63, 3.8) is 0 Å². The van der Waals surface area contributed by atoms with Crippen LogP contribution in [0.1, 0.15) is 5.56 Å². The van der Waals surface area contributed by atoms with Crippen LogP contribution in [0.15, 0.2) is 53.2 Å². The molecular weight excluding hydrogens is 432 g/mol. The largest absolute Gasteiger partial charge is 0.419 e. The minimum absolute atomic E-state index is 0.0280. The first-order valence-corrected chi connectivity index (χ1v) is 9.44. The number of carbonyl (C=O) groups excluding carboxylic acids is 1. The predicted octanol–water partition coefficient (Wildman–Crippen LogP) is 3.62. The van der Waals surface area contributed by atoms with E-state index in [0.29, 0.717) is 28.6 Å². The number of rotatable bonds is 6. The van der Waals surface area contributed by atoms with Crippen LogP contribution in [0, 0.1) is 5.82 Å². The summed E-state index contributed by atoms with van der Waals surface area (Å²) >= 11 is 0. The molecule has 0 saturated carbocycles. The molecule has 0 aliphatic rings. The first-order chi connectivity index (χ1) is 15.3. The second kappa shape index (κ2) is 8.42. The highest BCUT2D eigenvalue weighted by atomic mass is 19.4. The quantitative estimate of drug-likeness (QED) is 0.440. The highest BCUT2D eigenvalue weighted by molar-refractivity contribution is 5.94. The van der Waals surface area contributed by atoms with Crippen molar-refractivity contribution in [1.82, 2.24) is 20.0 Å². The number of aliphatic hydroxyl groups is 1. The Hall–Kier alpha value is -3.73. The number of nitrogens with one attached hydrogen (secondary N) is 1. The number of nitrogens with zero attached hydrogens (tertiary/aromatic N) is 3. The molecule has 0 atom stereocenters. The van der Waals surface area contributed by atoms with E-state index < -0.39 is 17.6 Å². The Balaban J connectivity index is 1.67. The molecule has 2 aromatic heterocycles. The SMILES string of the molecule is O=C(Cn1ccc2c(-c3noc(-c4ccc(F)c(C(F)(F)F)c4)n3)cccc21)NCCO. The smallest absolute Gasteiger partial charge is 0.395 e. The van der Waals surface area contributed by atoms with Crippen molar-refractivity contribution in [2.24, 2.45) is 0 Å². The zero-order chi connectivity index (χ0) is 22.9. The van der Waals surface area contributed by atoms with E-state index in [-0.39, 0.29) is 42.9 Å². The van der Waals surface area contributed by atoms with Crippen LogP contribution >= 0.6 is 0 Å². The van der Waals surface area contributed by atoms with Crippen LogP contribution in [-0.4, -0.2) is 38.9 Å². The predicted molar refractivity (Wildman–Crippen MR) is 106 cm³/mol. The average molecular weight is 448 g/mol. The first-order valence-electron chi connectivity index (χ1n) is 9.44. The van der Waals surface area contributed by atoms with Gasteiger partial charge in [0.05, 0.1) is 12.2 Å². The minimum atomic E-state index is -4.86. The highest BCUT2D eigenvalue weighted by Crippen LogP contribution is 2.35. The number of fused-ring (bicyclic) bond motifs is 1. The number of hydrogen-bond acceptors (Lipinski definition) is 5. The molecule has 2 N–H and O–H groups in total. The van der Waals surface area contributed by atoms with E-state index in [9.17, 15) is 22.4 Å². The van der Waals surface area contributed by atoms with Crippen molar-refractivity contribution in [2.45, 2.75) is 12.7 Å². The van der Waals surface area contributed by atoms with E-state index in [1.807, 2.05) is 0 Å². The summed E-state index contributed by atoms with van der Waals surface area (Å²) in [5, 5.41) is 15.9. The molecule has 2 heterocycles. The molecule has 32 heavy (non-hydrogen) atoms. The summed E-state index contributed by atoms with van der Waals surface area (Å²) in [5.74, 6) is -1.73. The maximum absolute atomic E-state index is 13.6. The van der Waals surface area contributed by atoms with Gasteiger partial charge in [0.25, 0.3) is 5.89 Å². The van der Waals surface area contributed by atoms with Crippen LogP contribution in [-0.2, 0) is 17.5 Å². The number of aliphatic hydroxyl groups excluding tert-OH is 1. The topological polar surface area (TPSA) is 93.2 Å². The molecule has 11 heteroatoms. The Bertz CT molecular complexity index is 1280. The average Bonchev–Trinajstić information content (AvgIpc) is 3.39. The number of benzene rings is 2. The van der Waals surface area contributed by atoms with Crippen molar-refractivity contribution >= 4 is 16.8 Å². The number of aromatic nitrogens is 3. The van der Waals surface area contributed by atoms with Gasteiger partial charge in [-0.05, 0) is 30.3 Å². The van der Waals surface area contributed by atoms with Gasteiger partial charge in [-0.2, -0.15) is 18.2 Å². The van der Waals surface area contributed by atoms with Gasteiger partial charge in [0.2, 0.25) is 11.7 Å². The summed E-state index contributed by atoms with van der Waals surface area (Å²) in [6, 6.07) is 9.41. The Morgan fingerprint density at radius 3 is 2.75 bits per heavy atom. The van der Waals surface area contributed by atoms with Crippen LogP contribution in [0.5, 0.6) is 0 Å². The summed E-state index contributed by atoms with van der Waals surface area (Å²) in [4.78, 5) is 16.1. The molecule has 0 unspecified atom stereocenters. The maximum Gasteiger partial charge on any atom is 0.419 e. The first kappa shape index (κ1) is 21.5. The molecule has 0 spiro atoms. The third-order valence-corrected chi connectivity index (χ3v) is 4.75. The molecule has 2 aromatic carbocycles. The lowest BCUT2D eigenvalue weighted by molar-refractivity contribution is -0.140. The fourth-order valence-corrected chi connectivity index (χ4v) is 3.29. The van der Waals surface area contributed by atoms with Gasteiger partial charge < -0.3 is 19.5 Å². The van der Waals surface area contributed by atoms with Gasteiger partial charge in [-0.1, -0.05) is 17.3 Å². The fourth-order valence-electron chi connectivity index (χ4n) is 3.29. The van der Waals surface area contributed by atoms with Crippen molar-refractivity contribution in [3.05, 3.63) is 60.0 Å². The number of amides is 1. The standard InChI is InChI=1S/C21H16F4N4O3/c22-16-5-4-12(10-15(16)21(23,24)25)20-27-19(28-32-20)14-2-1-3-17-13(14)6-8-29(17)11-18(31)26-7-9-30/h1-6,8,10,30H,7,9,11H2,(H,26,31). The number of carbonyl (C=O) groups is 1. The summed E-state index contributed by atoms with van der Waals surface area (Å²) in [7, 11) is 0. The van der Waals surface area contributed by atoms with Gasteiger partial charge in [-0.15, -0.1) is 0 Å². The lowest BCUT2D eigenvalue weighted by Crippen LogP contribution is -2.29. The van der Waals surface area contributed by atoms with Crippen LogP contribution in [0.3, 0.4) is 0 Å². The molecule has 7 nitrogen and oxygen atoms in total. The minimum Gasteiger partial charge on any atom is -0.395 e. The van der Waals surface area contributed by atoms with Gasteiger partial charge in [0.15, 0.2) is 0 Å². The monoisotopic (exact) mass is 448 g/mol. The number of halogens is 4. The van der Waals surface area contributed by atoms with Crippen molar-refractivity contribution in [3.8, 4) is 22.8 Å². The summed E-state index contributed by atoms with van der Waals surface area (Å²) in [6.07, 6.45) is -3.16. The molecule has 0 saturated heterocycles. The molecule has 4 rings (SSSR count). The van der Waals surface area contributed by atoms with Crippen LogP contribution in [0.4, 0.5) is 17.6 Å². The fraction of sp³-hybridized carbons (Fsp3) is 0.190. The molecule has 166 valence electrons. The van der Waals surface area contributed by atoms with Gasteiger partial charge in [0.1, 0.15) is 12.4 Å². The number of hydrogen-bond donors (Lipinski definition) is 2. The van der Waals surface area contributed by atoms with Gasteiger partial charge in [0, 0.05) is 34.8 Å². The van der Waals surface area contributed by atoms with Gasteiger partial charge in [-0.25, -0.2) is 4.39 Å². The summed E-state index contributed by atoms with van der Waals surface area (Å²) in [6.45, 7) is 0.00952. The zero-order valence-corrected chi connectivity index (χ0v) is 16.4. The van der Waals surface area contributed by atoms with E-state index in [2.05, 4.69) is 15.5 Å². The summed E-state index contributed by atoms with van der Waals surface area (Å²) < 4.78 is 59.4. The van der Waals surface area contributed by atoms with Gasteiger partial charge >= 0.3 is 6.18 Å². The third-order valence-electron chi connectivity index (χ3n) is 4.75. The van der Waals surface area contributed by atoms with E-state index >= 15 is 0 Å². The van der Waals surface area contributed by atoms with Crippen LogP contribution in [0.25, 0.3) is 33.7 Å². The Morgan fingerprint density at radius 2 is 2.00 bits per heavy atom. The van der Waals surface area contributed by atoms with Crippen molar-refractivity contribution < 1.29 is 32.0 Å². The second-order valence-corrected chi connectivity index (χ2v) is 6.87. The molecule has 0 fully saturated rings. The summed E-state index contributed by atoms with van der Waals surface area (Å²) in [5.41, 5.74) is -0.240. The Morgan fingerprint density at radius 1 is 1.19 bits per heavy atom. The van der Waals surface area contributed by atoms with Crippen LogP contribution in [0.2, 0.25) is 0 Å². The maximum atomic E-state index is 13.6. The number of alkyl halides is 3. The van der Waals surface area contributed by atoms with E-state index in [4.69, 9.17) is 9.63 Å². The Labute approximate surface area is 178 Å². The highest BCUT2D eigenvalue weighted by Gasteiger charge is 2.34. The second-order valence-electron chi connectivity index (χ2n) is 6.87. The zero-order valence-electron chi connectivity index (χ0n) is 16.4. The van der Waals surface area contributed by atoms with E-state index in [1.165, 1.54) is 0 Å². The molecule has 0 radical (unpaired) electrons. The third kappa shape index (κ3) is 4.19. The molecule has 0 aliphatic carbocycles. The van der Waals surface area contributed by atoms with Crippen molar-refractivity contribution in [1.29, 1.82) is 0 Å². The molecular formula is C21H16F4N4O3. The van der Waals surface area contributed by atoms with Crippen molar-refractivity contribution in [2.75, 3.05) is 13.2 Å². The van der Waals surface area contributed by atoms with Crippen LogP contribution < -0.4 is 5.32 Å². The van der Waals surface area contributed by atoms with E-state index in [0.717, 1.165) is 6.07 Å². The normalized spacial score (nSPS) is 11.8. The molecule has 0 bridgehead atoms. The molecule has 0 aliphatic heterocycles. The van der Waals surface area contributed by atoms with Gasteiger partial charge in [-0.3, -0.25) is 4.79 Å². The Kier molecular flexibility index (Phi) is 5.66.